The van der Waals surface area contributed by atoms with Crippen molar-refractivity contribution in [2.45, 2.75) is 82.8 Å². The zero-order chi connectivity index (χ0) is 23.2. The Morgan fingerprint density at radius 2 is 1.38 bits per heavy atom. The van der Waals surface area contributed by atoms with E-state index in [1.165, 1.54) is 54.0 Å². The highest BCUT2D eigenvalue weighted by Gasteiger charge is 2.52. The standard InChI is InChI=1S/C31H35BO2/c1-30(2)31(3,4)34-32(33-30)24-10-12-25-22-14-19-13-20(15-22)17-23(16-19)29-26-8-6-5-7-21(26)9-11-27(29)28(25)18-24/h5-12,18-20,22-23H,13-17H2,1-4H3. The molecule has 0 aromatic heterocycles. The normalized spacial score (nSPS) is 30.5. The smallest absolute Gasteiger partial charge is 0.399 e. The van der Waals surface area contributed by atoms with E-state index >= 15 is 0 Å². The Morgan fingerprint density at radius 1 is 0.706 bits per heavy atom. The number of hydrogen-bond acceptors (Lipinski definition) is 2. The second kappa shape index (κ2) is 7.21. The van der Waals surface area contributed by atoms with Crippen LogP contribution in [0.4, 0.5) is 0 Å². The molecule has 174 valence electrons. The molecule has 3 heteroatoms. The van der Waals surface area contributed by atoms with Crippen LogP contribution in [0.5, 0.6) is 0 Å². The van der Waals surface area contributed by atoms with Crippen LogP contribution in [0.3, 0.4) is 0 Å². The topological polar surface area (TPSA) is 18.5 Å². The molecule has 0 N–H and O–H groups in total. The number of hydrogen-bond donors (Lipinski definition) is 0. The zero-order valence-corrected chi connectivity index (χ0v) is 20.9. The van der Waals surface area contributed by atoms with Crippen LogP contribution in [0.1, 0.15) is 82.8 Å². The summed E-state index contributed by atoms with van der Waals surface area (Å²) in [6.07, 6.45) is 6.84. The number of rotatable bonds is 1. The van der Waals surface area contributed by atoms with E-state index in [1.54, 1.807) is 11.1 Å². The maximum absolute atomic E-state index is 6.47. The Kier molecular flexibility index (Phi) is 4.50. The average molecular weight is 450 g/mol. The summed E-state index contributed by atoms with van der Waals surface area (Å²) in [6, 6.07) is 20.9. The molecule has 2 unspecified atom stereocenters. The van der Waals surface area contributed by atoms with Gasteiger partial charge in [0, 0.05) is 0 Å². The van der Waals surface area contributed by atoms with Gasteiger partial charge in [0.05, 0.1) is 11.2 Å². The Morgan fingerprint density at radius 3 is 2.12 bits per heavy atom. The molecule has 1 aliphatic heterocycles. The lowest BCUT2D eigenvalue weighted by molar-refractivity contribution is 0.00578. The zero-order valence-electron chi connectivity index (χ0n) is 20.9. The molecule has 0 spiro atoms. The molecule has 2 saturated carbocycles. The van der Waals surface area contributed by atoms with Gasteiger partial charge in [-0.05, 0) is 122 Å². The van der Waals surface area contributed by atoms with E-state index in [2.05, 4.69) is 82.3 Å². The molecule has 5 aliphatic rings. The van der Waals surface area contributed by atoms with Crippen molar-refractivity contribution >= 4 is 23.4 Å². The summed E-state index contributed by atoms with van der Waals surface area (Å²) >= 11 is 0. The number of fused-ring (bicyclic) bond motifs is 1. The summed E-state index contributed by atoms with van der Waals surface area (Å²) in [5.41, 5.74) is 6.51. The Hall–Kier alpha value is -2.10. The van der Waals surface area contributed by atoms with Crippen molar-refractivity contribution in [3.8, 4) is 11.1 Å². The largest absolute Gasteiger partial charge is 0.494 e. The highest BCUT2D eigenvalue weighted by atomic mass is 16.7. The first-order valence-corrected chi connectivity index (χ1v) is 13.3. The van der Waals surface area contributed by atoms with Crippen LogP contribution in [0.25, 0.3) is 21.9 Å². The van der Waals surface area contributed by atoms with Gasteiger partial charge >= 0.3 is 7.12 Å². The Labute approximate surface area is 204 Å². The van der Waals surface area contributed by atoms with E-state index in [1.807, 2.05) is 0 Å². The van der Waals surface area contributed by atoms with E-state index < -0.39 is 0 Å². The van der Waals surface area contributed by atoms with Crippen LogP contribution in [0.2, 0.25) is 0 Å². The predicted octanol–water partition coefficient (Wildman–Crippen LogP) is 7.20. The minimum atomic E-state index is -0.328. The van der Waals surface area contributed by atoms with Crippen LogP contribution in [-0.2, 0) is 9.31 Å². The van der Waals surface area contributed by atoms with Crippen LogP contribution in [0, 0.1) is 11.8 Å². The summed E-state index contributed by atoms with van der Waals surface area (Å²) in [7, 11) is -0.320. The van der Waals surface area contributed by atoms with Crippen molar-refractivity contribution < 1.29 is 9.31 Å². The fraction of sp³-hybridized carbons (Fsp3) is 0.484. The third-order valence-corrected chi connectivity index (χ3v) is 9.85. The molecule has 0 radical (unpaired) electrons. The monoisotopic (exact) mass is 450 g/mol. The van der Waals surface area contributed by atoms with Crippen LogP contribution >= 0.6 is 0 Å². The van der Waals surface area contributed by atoms with Gasteiger partial charge in [-0.2, -0.15) is 0 Å². The molecule has 8 rings (SSSR count). The summed E-state index contributed by atoms with van der Waals surface area (Å²) in [4.78, 5) is 0. The molecule has 34 heavy (non-hydrogen) atoms. The fourth-order valence-electron chi connectivity index (χ4n) is 7.60. The van der Waals surface area contributed by atoms with Crippen molar-refractivity contribution in [1.29, 1.82) is 0 Å². The molecule has 4 aliphatic carbocycles. The first kappa shape index (κ1) is 21.2. The molecule has 1 heterocycles. The van der Waals surface area contributed by atoms with E-state index in [0.29, 0.717) is 11.8 Å². The van der Waals surface area contributed by atoms with Gasteiger partial charge in [-0.15, -0.1) is 0 Å². The summed E-state index contributed by atoms with van der Waals surface area (Å²) in [6.45, 7) is 8.56. The van der Waals surface area contributed by atoms with E-state index in [-0.39, 0.29) is 18.3 Å². The van der Waals surface area contributed by atoms with Crippen molar-refractivity contribution in [3.05, 3.63) is 65.7 Å². The average Bonchev–Trinajstić information content (AvgIpc) is 3.06. The predicted molar refractivity (Wildman–Crippen MR) is 141 cm³/mol. The quantitative estimate of drug-likeness (QED) is 0.365. The fourth-order valence-corrected chi connectivity index (χ4v) is 7.60. The Balaban J connectivity index is 1.45. The van der Waals surface area contributed by atoms with E-state index in [9.17, 15) is 0 Å². The molecule has 3 aromatic rings. The lowest BCUT2D eigenvalue weighted by Gasteiger charge is -2.42. The van der Waals surface area contributed by atoms with Crippen LogP contribution in [0.15, 0.2) is 54.6 Å². The van der Waals surface area contributed by atoms with Gasteiger partial charge < -0.3 is 9.31 Å². The second-order valence-corrected chi connectivity index (χ2v) is 12.5. The van der Waals surface area contributed by atoms with Gasteiger partial charge in [0.1, 0.15) is 0 Å². The molecule has 2 nitrogen and oxygen atoms in total. The molecule has 1 saturated heterocycles. The lowest BCUT2D eigenvalue weighted by atomic mass is 9.63. The van der Waals surface area contributed by atoms with Crippen molar-refractivity contribution in [1.82, 2.24) is 0 Å². The first-order chi connectivity index (χ1) is 16.3. The van der Waals surface area contributed by atoms with Crippen LogP contribution in [-0.4, -0.2) is 18.3 Å². The molecular weight excluding hydrogens is 415 g/mol. The summed E-state index contributed by atoms with van der Waals surface area (Å²) < 4.78 is 12.9. The van der Waals surface area contributed by atoms with Gasteiger partial charge in [-0.1, -0.05) is 54.6 Å². The molecule has 0 amide bonds. The summed E-state index contributed by atoms with van der Waals surface area (Å²) in [5, 5.41) is 2.83. The number of benzene rings is 3. The van der Waals surface area contributed by atoms with Crippen LogP contribution < -0.4 is 5.46 Å². The summed E-state index contributed by atoms with van der Waals surface area (Å²) in [5.74, 6) is 3.06. The van der Waals surface area contributed by atoms with Gasteiger partial charge in [-0.25, -0.2) is 0 Å². The van der Waals surface area contributed by atoms with E-state index in [4.69, 9.17) is 9.31 Å². The highest BCUT2D eigenvalue weighted by Crippen LogP contribution is 2.56. The minimum absolute atomic E-state index is 0.320. The molecule has 3 aromatic carbocycles. The minimum Gasteiger partial charge on any atom is -0.399 e. The molecule has 4 bridgehead atoms. The van der Waals surface area contributed by atoms with Gasteiger partial charge in [0.2, 0.25) is 0 Å². The lowest BCUT2D eigenvalue weighted by Crippen LogP contribution is -2.41. The maximum Gasteiger partial charge on any atom is 0.494 e. The SMILES string of the molecule is CC1(C)OB(c2ccc3c(c2)-c2ccc4ccccc4c2C2CC4CC(CC3C4)C2)OC1(C)C. The van der Waals surface area contributed by atoms with Crippen molar-refractivity contribution in [2.75, 3.05) is 0 Å². The highest BCUT2D eigenvalue weighted by molar-refractivity contribution is 6.62. The molecular formula is C31H35BO2. The van der Waals surface area contributed by atoms with Gasteiger partial charge in [0.15, 0.2) is 0 Å². The van der Waals surface area contributed by atoms with Gasteiger partial charge in [0.25, 0.3) is 0 Å². The molecule has 3 fully saturated rings. The van der Waals surface area contributed by atoms with E-state index in [0.717, 1.165) is 17.3 Å². The first-order valence-electron chi connectivity index (χ1n) is 13.3. The van der Waals surface area contributed by atoms with Gasteiger partial charge in [-0.3, -0.25) is 0 Å². The molecule has 2 atom stereocenters. The Bertz CT molecular complexity index is 1260. The second-order valence-electron chi connectivity index (χ2n) is 12.5. The third-order valence-electron chi connectivity index (χ3n) is 9.85. The van der Waals surface area contributed by atoms with Crippen molar-refractivity contribution in [3.63, 3.8) is 0 Å². The third kappa shape index (κ3) is 3.09. The maximum atomic E-state index is 6.47. The van der Waals surface area contributed by atoms with Crippen molar-refractivity contribution in [2.24, 2.45) is 11.8 Å².